The van der Waals surface area contributed by atoms with Gasteiger partial charge < -0.3 is 14.2 Å². The number of unbranched alkanes of at least 4 members (excludes halogenated alkanes) is 33. The number of carbonyl (C=O) groups is 2. The fraction of sp³-hybridized carbons (Fsp3) is 0.887. The zero-order valence-electron chi connectivity index (χ0n) is 39.3. The Bertz CT molecular complexity index is 882. The first kappa shape index (κ1) is 56.4. The second-order valence-electron chi connectivity index (χ2n) is 17.4. The predicted octanol–water partition coefficient (Wildman–Crippen LogP) is 17.2. The molecule has 0 radical (unpaired) electrons. The van der Waals surface area contributed by atoms with Crippen molar-refractivity contribution in [2.45, 2.75) is 284 Å². The van der Waals surface area contributed by atoms with Gasteiger partial charge in [0.2, 0.25) is 0 Å². The summed E-state index contributed by atoms with van der Waals surface area (Å²) in [6.45, 7) is 7.80. The van der Waals surface area contributed by atoms with Gasteiger partial charge in [-0.05, 0) is 64.2 Å². The molecule has 0 saturated heterocycles. The highest BCUT2D eigenvalue weighted by Gasteiger charge is 2.17. The fourth-order valence-electron chi connectivity index (χ4n) is 7.55. The van der Waals surface area contributed by atoms with Crippen LogP contribution in [0.15, 0.2) is 24.3 Å². The van der Waals surface area contributed by atoms with Crippen molar-refractivity contribution in [1.29, 1.82) is 0 Å². The predicted molar refractivity (Wildman–Crippen MR) is 252 cm³/mol. The van der Waals surface area contributed by atoms with Crippen molar-refractivity contribution in [3.05, 3.63) is 24.3 Å². The largest absolute Gasteiger partial charge is 0.462 e. The molecule has 0 aromatic rings. The monoisotopic (exact) mass is 817 g/mol. The molecule has 0 saturated carbocycles. The van der Waals surface area contributed by atoms with Crippen molar-refractivity contribution >= 4 is 11.9 Å². The van der Waals surface area contributed by atoms with Crippen molar-refractivity contribution < 1.29 is 23.8 Å². The van der Waals surface area contributed by atoms with Crippen LogP contribution in [0.25, 0.3) is 0 Å². The topological polar surface area (TPSA) is 61.8 Å². The Morgan fingerprint density at radius 2 is 0.690 bits per heavy atom. The van der Waals surface area contributed by atoms with Crippen LogP contribution < -0.4 is 0 Å². The molecule has 0 aliphatic rings. The summed E-state index contributed by atoms with van der Waals surface area (Å²) in [5, 5.41) is 0. The summed E-state index contributed by atoms with van der Waals surface area (Å²) in [6.07, 6.45) is 57.5. The zero-order valence-corrected chi connectivity index (χ0v) is 39.3. The van der Waals surface area contributed by atoms with Crippen LogP contribution in [0.3, 0.4) is 0 Å². The molecule has 5 nitrogen and oxygen atoms in total. The Balaban J connectivity index is 4.19. The molecular formula is C53H100O5. The van der Waals surface area contributed by atoms with Crippen molar-refractivity contribution in [2.24, 2.45) is 0 Å². The summed E-state index contributed by atoms with van der Waals surface area (Å²) < 4.78 is 17.4. The van der Waals surface area contributed by atoms with Gasteiger partial charge in [0, 0.05) is 19.4 Å². The zero-order chi connectivity index (χ0) is 42.1. The third-order valence-corrected chi connectivity index (χ3v) is 11.5. The minimum absolute atomic E-state index is 0.0858. The van der Waals surface area contributed by atoms with E-state index in [2.05, 4.69) is 45.1 Å². The summed E-state index contributed by atoms with van der Waals surface area (Å²) in [7, 11) is 0. The molecule has 1 unspecified atom stereocenters. The van der Waals surface area contributed by atoms with E-state index in [1.807, 2.05) is 0 Å². The molecule has 0 heterocycles. The number of rotatable bonds is 48. The fourth-order valence-corrected chi connectivity index (χ4v) is 7.55. The minimum Gasteiger partial charge on any atom is -0.462 e. The second kappa shape index (κ2) is 49.7. The lowest BCUT2D eigenvalue weighted by atomic mass is 10.0. The third-order valence-electron chi connectivity index (χ3n) is 11.5. The summed E-state index contributed by atoms with van der Waals surface area (Å²) in [5.74, 6) is -0.396. The summed E-state index contributed by atoms with van der Waals surface area (Å²) in [6, 6.07) is 0. The van der Waals surface area contributed by atoms with Gasteiger partial charge in [0.25, 0.3) is 0 Å². The first-order valence-corrected chi connectivity index (χ1v) is 25.9. The Kier molecular flexibility index (Phi) is 48.4. The van der Waals surface area contributed by atoms with E-state index in [1.165, 1.54) is 193 Å². The van der Waals surface area contributed by atoms with Crippen LogP contribution in [-0.2, 0) is 23.8 Å². The normalized spacial score (nSPS) is 12.3. The van der Waals surface area contributed by atoms with Gasteiger partial charge in [-0.25, -0.2) is 0 Å². The molecule has 0 bridgehead atoms. The highest BCUT2D eigenvalue weighted by molar-refractivity contribution is 5.70. The van der Waals surface area contributed by atoms with Crippen LogP contribution in [0, 0.1) is 0 Å². The molecule has 0 aromatic heterocycles. The highest BCUT2D eigenvalue weighted by atomic mass is 16.6. The lowest BCUT2D eigenvalue weighted by Gasteiger charge is -2.18. The molecule has 0 aliphatic carbocycles. The molecule has 0 amide bonds. The van der Waals surface area contributed by atoms with Crippen LogP contribution in [0.5, 0.6) is 0 Å². The quantitative estimate of drug-likeness (QED) is 0.0348. The molecule has 342 valence electrons. The maximum Gasteiger partial charge on any atom is 0.306 e. The number of ether oxygens (including phenoxy) is 3. The van der Waals surface area contributed by atoms with E-state index in [1.54, 1.807) is 0 Å². The van der Waals surface area contributed by atoms with E-state index in [4.69, 9.17) is 14.2 Å². The van der Waals surface area contributed by atoms with E-state index in [0.717, 1.165) is 51.4 Å². The first-order valence-electron chi connectivity index (χ1n) is 25.9. The van der Waals surface area contributed by atoms with Gasteiger partial charge in [-0.2, -0.15) is 0 Å². The maximum absolute atomic E-state index is 12.7. The van der Waals surface area contributed by atoms with Crippen molar-refractivity contribution in [2.75, 3.05) is 19.8 Å². The number of carbonyl (C=O) groups excluding carboxylic acids is 2. The maximum atomic E-state index is 12.7. The number of esters is 2. The molecule has 0 aliphatic heterocycles. The number of allylic oxidation sites excluding steroid dienone is 4. The molecule has 0 N–H and O–H groups in total. The third kappa shape index (κ3) is 47.1. The van der Waals surface area contributed by atoms with Crippen LogP contribution in [0.4, 0.5) is 0 Å². The Hall–Kier alpha value is -1.62. The smallest absolute Gasteiger partial charge is 0.306 e. The van der Waals surface area contributed by atoms with Crippen molar-refractivity contribution in [3.63, 3.8) is 0 Å². The van der Waals surface area contributed by atoms with Gasteiger partial charge in [0.1, 0.15) is 6.61 Å². The van der Waals surface area contributed by atoms with Gasteiger partial charge in [-0.15, -0.1) is 0 Å². The number of hydrogen-bond donors (Lipinski definition) is 0. The molecule has 0 spiro atoms. The minimum atomic E-state index is -0.536. The van der Waals surface area contributed by atoms with Gasteiger partial charge in [0.15, 0.2) is 6.10 Å². The van der Waals surface area contributed by atoms with E-state index in [-0.39, 0.29) is 25.2 Å². The van der Waals surface area contributed by atoms with E-state index >= 15 is 0 Å². The van der Waals surface area contributed by atoms with E-state index < -0.39 is 6.10 Å². The summed E-state index contributed by atoms with van der Waals surface area (Å²) >= 11 is 0. The van der Waals surface area contributed by atoms with Crippen LogP contribution in [0.2, 0.25) is 0 Å². The standard InChI is InChI=1S/C53H100O5/c1-4-7-10-13-16-19-22-24-26-27-28-29-32-34-37-40-43-46-52(54)57-50-51(58-53(55)47-44-41-38-35-31-21-18-15-12-9-6-3)49-56-48-45-42-39-36-33-30-25-23-20-17-14-11-8-5-2/h15,18,20,23,51H,4-14,16-17,19,21-22,24-50H2,1-3H3/b18-15-,23-20-. The highest BCUT2D eigenvalue weighted by Crippen LogP contribution is 2.16. The molecule has 5 heteroatoms. The molecule has 1 atom stereocenters. The lowest BCUT2D eigenvalue weighted by Crippen LogP contribution is -2.30. The molecule has 0 aromatic carbocycles. The average molecular weight is 817 g/mol. The Labute approximate surface area is 362 Å². The van der Waals surface area contributed by atoms with Crippen molar-refractivity contribution in [1.82, 2.24) is 0 Å². The van der Waals surface area contributed by atoms with Gasteiger partial charge in [0.05, 0.1) is 6.61 Å². The molecular weight excluding hydrogens is 717 g/mol. The lowest BCUT2D eigenvalue weighted by molar-refractivity contribution is -0.163. The van der Waals surface area contributed by atoms with Gasteiger partial charge in [-0.1, -0.05) is 225 Å². The number of hydrogen-bond acceptors (Lipinski definition) is 5. The van der Waals surface area contributed by atoms with E-state index in [0.29, 0.717) is 19.4 Å². The first-order chi connectivity index (χ1) is 28.6. The van der Waals surface area contributed by atoms with Crippen molar-refractivity contribution in [3.8, 4) is 0 Å². The average Bonchev–Trinajstić information content (AvgIpc) is 3.22. The molecule has 58 heavy (non-hydrogen) atoms. The van der Waals surface area contributed by atoms with Crippen LogP contribution in [0.1, 0.15) is 278 Å². The Morgan fingerprint density at radius 3 is 1.12 bits per heavy atom. The Morgan fingerprint density at radius 1 is 0.362 bits per heavy atom. The van der Waals surface area contributed by atoms with Crippen LogP contribution >= 0.6 is 0 Å². The summed E-state index contributed by atoms with van der Waals surface area (Å²) in [5.41, 5.74) is 0. The summed E-state index contributed by atoms with van der Waals surface area (Å²) in [4.78, 5) is 25.3. The van der Waals surface area contributed by atoms with Crippen LogP contribution in [-0.4, -0.2) is 37.9 Å². The van der Waals surface area contributed by atoms with E-state index in [9.17, 15) is 9.59 Å². The van der Waals surface area contributed by atoms with Gasteiger partial charge >= 0.3 is 11.9 Å². The SMILES string of the molecule is CCCC/C=C\CCCCCCCC(=O)OC(COCCCCCCCC/C=C\CCCCCC)COC(=O)CCCCCCCCCCCCCCCCCCC. The second-order valence-corrected chi connectivity index (χ2v) is 17.4. The van der Waals surface area contributed by atoms with Gasteiger partial charge in [-0.3, -0.25) is 9.59 Å². The molecule has 0 rings (SSSR count). The molecule has 0 fully saturated rings.